The molecule has 0 aromatic heterocycles. The Balaban J connectivity index is 1.67. The highest BCUT2D eigenvalue weighted by atomic mass is 79.9. The highest BCUT2D eigenvalue weighted by Crippen LogP contribution is 2.15. The fourth-order valence-electron chi connectivity index (χ4n) is 2.57. The summed E-state index contributed by atoms with van der Waals surface area (Å²) >= 11 is 3.48. The SMILES string of the molecule is BrCCCCCCCCCCCCCC1OCCO1. The average Bonchev–Trinajstić information content (AvgIpc) is 2.93. The van der Waals surface area contributed by atoms with Gasteiger partial charge >= 0.3 is 0 Å². The van der Waals surface area contributed by atoms with E-state index < -0.39 is 0 Å². The van der Waals surface area contributed by atoms with Gasteiger partial charge in [0.1, 0.15) is 0 Å². The Labute approximate surface area is 127 Å². The lowest BCUT2D eigenvalue weighted by Gasteiger charge is -2.08. The molecule has 0 radical (unpaired) electrons. The summed E-state index contributed by atoms with van der Waals surface area (Å²) in [7, 11) is 0. The largest absolute Gasteiger partial charge is 0.350 e. The molecule has 0 aromatic carbocycles. The lowest BCUT2D eigenvalue weighted by atomic mass is 10.1. The van der Waals surface area contributed by atoms with Crippen molar-refractivity contribution >= 4 is 15.9 Å². The second kappa shape index (κ2) is 13.4. The third-order valence-electron chi connectivity index (χ3n) is 3.76. The Hall–Kier alpha value is 0.400. The van der Waals surface area contributed by atoms with Crippen molar-refractivity contribution in [1.29, 1.82) is 0 Å². The monoisotopic (exact) mass is 334 g/mol. The zero-order chi connectivity index (χ0) is 13.6. The van der Waals surface area contributed by atoms with E-state index in [1.807, 2.05) is 0 Å². The van der Waals surface area contributed by atoms with Crippen LogP contribution in [0, 0.1) is 0 Å². The molecule has 1 rings (SSSR count). The number of ether oxygens (including phenoxy) is 2. The van der Waals surface area contributed by atoms with E-state index in [2.05, 4.69) is 15.9 Å². The Morgan fingerprint density at radius 1 is 0.632 bits per heavy atom. The van der Waals surface area contributed by atoms with E-state index in [9.17, 15) is 0 Å². The van der Waals surface area contributed by atoms with Crippen molar-refractivity contribution < 1.29 is 9.47 Å². The van der Waals surface area contributed by atoms with Crippen LogP contribution in [0.2, 0.25) is 0 Å². The maximum Gasteiger partial charge on any atom is 0.157 e. The van der Waals surface area contributed by atoms with Crippen LogP contribution >= 0.6 is 15.9 Å². The molecule has 114 valence electrons. The van der Waals surface area contributed by atoms with Crippen LogP contribution in [0.15, 0.2) is 0 Å². The summed E-state index contributed by atoms with van der Waals surface area (Å²) in [6.07, 6.45) is 16.5. The first-order valence-electron chi connectivity index (χ1n) is 8.22. The molecule has 19 heavy (non-hydrogen) atoms. The molecule has 0 aliphatic carbocycles. The summed E-state index contributed by atoms with van der Waals surface area (Å²) in [6.45, 7) is 1.58. The third-order valence-corrected chi connectivity index (χ3v) is 4.33. The summed E-state index contributed by atoms with van der Waals surface area (Å²) in [5, 5.41) is 1.17. The van der Waals surface area contributed by atoms with Crippen molar-refractivity contribution in [3.8, 4) is 0 Å². The molecule has 3 heteroatoms. The molecule has 1 heterocycles. The molecular formula is C16H31BrO2. The van der Waals surface area contributed by atoms with Gasteiger partial charge in [-0.2, -0.15) is 0 Å². The molecule has 1 fully saturated rings. The first kappa shape index (κ1) is 17.5. The van der Waals surface area contributed by atoms with Crippen molar-refractivity contribution in [2.45, 2.75) is 83.3 Å². The standard InChI is InChI=1S/C16H31BrO2/c17-13-11-9-7-5-3-1-2-4-6-8-10-12-16-18-14-15-19-16/h16H,1-15H2. The second-order valence-electron chi connectivity index (χ2n) is 5.54. The summed E-state index contributed by atoms with van der Waals surface area (Å²) in [5.41, 5.74) is 0. The average molecular weight is 335 g/mol. The fraction of sp³-hybridized carbons (Fsp3) is 1.00. The summed E-state index contributed by atoms with van der Waals surface area (Å²) in [6, 6.07) is 0. The van der Waals surface area contributed by atoms with Gasteiger partial charge in [0.25, 0.3) is 0 Å². The van der Waals surface area contributed by atoms with Crippen molar-refractivity contribution in [3.05, 3.63) is 0 Å². The Kier molecular flexibility index (Phi) is 12.3. The molecule has 2 nitrogen and oxygen atoms in total. The Bertz CT molecular complexity index is 182. The van der Waals surface area contributed by atoms with Gasteiger partial charge in [-0.3, -0.25) is 0 Å². The van der Waals surface area contributed by atoms with Crippen molar-refractivity contribution in [3.63, 3.8) is 0 Å². The van der Waals surface area contributed by atoms with Gasteiger partial charge in [-0.05, 0) is 19.3 Å². The lowest BCUT2D eigenvalue weighted by molar-refractivity contribution is -0.0480. The van der Waals surface area contributed by atoms with Gasteiger partial charge < -0.3 is 9.47 Å². The Morgan fingerprint density at radius 2 is 1.05 bits per heavy atom. The molecule has 1 aliphatic rings. The zero-order valence-electron chi connectivity index (χ0n) is 12.4. The van der Waals surface area contributed by atoms with Crippen LogP contribution in [0.4, 0.5) is 0 Å². The third kappa shape index (κ3) is 10.8. The van der Waals surface area contributed by atoms with Gasteiger partial charge in [-0.25, -0.2) is 0 Å². The number of rotatable bonds is 13. The highest BCUT2D eigenvalue weighted by Gasteiger charge is 2.14. The van der Waals surface area contributed by atoms with Gasteiger partial charge in [0.15, 0.2) is 6.29 Å². The molecule has 0 aromatic rings. The minimum absolute atomic E-state index is 0.111. The van der Waals surface area contributed by atoms with Gasteiger partial charge in [-0.1, -0.05) is 73.7 Å². The van der Waals surface area contributed by atoms with Crippen LogP contribution in [0.25, 0.3) is 0 Å². The van der Waals surface area contributed by atoms with Crippen molar-refractivity contribution in [2.24, 2.45) is 0 Å². The molecule has 0 spiro atoms. The second-order valence-corrected chi connectivity index (χ2v) is 6.33. The van der Waals surface area contributed by atoms with Crippen LogP contribution in [0.3, 0.4) is 0 Å². The normalized spacial score (nSPS) is 16.3. The van der Waals surface area contributed by atoms with E-state index in [0.29, 0.717) is 0 Å². The van der Waals surface area contributed by atoms with E-state index >= 15 is 0 Å². The quantitative estimate of drug-likeness (QED) is 0.330. The lowest BCUT2D eigenvalue weighted by Crippen LogP contribution is -2.06. The van der Waals surface area contributed by atoms with Gasteiger partial charge in [0, 0.05) is 5.33 Å². The number of hydrogen-bond donors (Lipinski definition) is 0. The number of hydrogen-bond acceptors (Lipinski definition) is 2. The van der Waals surface area contributed by atoms with Crippen molar-refractivity contribution in [2.75, 3.05) is 18.5 Å². The minimum atomic E-state index is 0.111. The highest BCUT2D eigenvalue weighted by molar-refractivity contribution is 9.09. The topological polar surface area (TPSA) is 18.5 Å². The van der Waals surface area contributed by atoms with E-state index in [1.165, 1.54) is 76.0 Å². The van der Waals surface area contributed by atoms with Crippen LogP contribution in [0.5, 0.6) is 0 Å². The number of halogens is 1. The van der Waals surface area contributed by atoms with E-state index in [0.717, 1.165) is 19.6 Å². The first-order chi connectivity index (χ1) is 9.43. The first-order valence-corrected chi connectivity index (χ1v) is 9.35. The van der Waals surface area contributed by atoms with E-state index in [1.54, 1.807) is 0 Å². The van der Waals surface area contributed by atoms with Crippen LogP contribution in [-0.2, 0) is 9.47 Å². The maximum atomic E-state index is 5.43. The molecule has 0 saturated carbocycles. The molecule has 0 N–H and O–H groups in total. The molecule has 0 unspecified atom stereocenters. The van der Waals surface area contributed by atoms with Gasteiger partial charge in [0.05, 0.1) is 13.2 Å². The van der Waals surface area contributed by atoms with Crippen LogP contribution < -0.4 is 0 Å². The summed E-state index contributed by atoms with van der Waals surface area (Å²) < 4.78 is 10.9. The minimum Gasteiger partial charge on any atom is -0.350 e. The molecular weight excluding hydrogens is 304 g/mol. The number of unbranched alkanes of at least 4 members (excludes halogenated alkanes) is 10. The summed E-state index contributed by atoms with van der Waals surface area (Å²) in [5.74, 6) is 0. The smallest absolute Gasteiger partial charge is 0.157 e. The molecule has 1 saturated heterocycles. The van der Waals surface area contributed by atoms with Crippen LogP contribution in [0.1, 0.15) is 77.0 Å². The van der Waals surface area contributed by atoms with Crippen molar-refractivity contribution in [1.82, 2.24) is 0 Å². The molecule has 0 amide bonds. The van der Waals surface area contributed by atoms with E-state index in [-0.39, 0.29) is 6.29 Å². The molecule has 1 aliphatic heterocycles. The molecule has 0 bridgehead atoms. The van der Waals surface area contributed by atoms with Gasteiger partial charge in [0.2, 0.25) is 0 Å². The number of alkyl halides is 1. The zero-order valence-corrected chi connectivity index (χ0v) is 14.0. The fourth-order valence-corrected chi connectivity index (χ4v) is 2.97. The summed E-state index contributed by atoms with van der Waals surface area (Å²) in [4.78, 5) is 0. The predicted molar refractivity (Wildman–Crippen MR) is 84.9 cm³/mol. The Morgan fingerprint density at radius 3 is 1.53 bits per heavy atom. The predicted octanol–water partition coefficient (Wildman–Crippen LogP) is 5.44. The maximum absolute atomic E-state index is 5.43. The molecule has 0 atom stereocenters. The van der Waals surface area contributed by atoms with E-state index in [4.69, 9.17) is 9.47 Å². The van der Waals surface area contributed by atoms with Gasteiger partial charge in [-0.15, -0.1) is 0 Å². The van der Waals surface area contributed by atoms with Crippen LogP contribution in [-0.4, -0.2) is 24.8 Å².